The smallest absolute Gasteiger partial charge is 0.379 e. The maximum atomic E-state index is 14.3. The SMILES string of the molecule is Cc1ccccc1C(O)C(F)(F)S(=O)(=O)c1ccccc1. The first-order chi connectivity index (χ1) is 9.78. The summed E-state index contributed by atoms with van der Waals surface area (Å²) < 4.78 is 52.8. The average Bonchev–Trinajstić information content (AvgIpc) is 2.47. The highest BCUT2D eigenvalue weighted by Gasteiger charge is 2.53. The van der Waals surface area contributed by atoms with Crippen LogP contribution in [0, 0.1) is 6.92 Å². The van der Waals surface area contributed by atoms with Gasteiger partial charge in [0.05, 0.1) is 4.90 Å². The predicted molar refractivity (Wildman–Crippen MR) is 74.7 cm³/mol. The quantitative estimate of drug-likeness (QED) is 0.944. The zero-order valence-corrected chi connectivity index (χ0v) is 12.0. The van der Waals surface area contributed by atoms with E-state index < -0.39 is 26.1 Å². The number of hydrogen-bond donors (Lipinski definition) is 1. The number of benzene rings is 2. The molecule has 2 aromatic rings. The molecule has 0 amide bonds. The number of hydrogen-bond acceptors (Lipinski definition) is 3. The van der Waals surface area contributed by atoms with E-state index in [-0.39, 0.29) is 5.56 Å². The van der Waals surface area contributed by atoms with E-state index in [1.54, 1.807) is 6.07 Å². The van der Waals surface area contributed by atoms with Crippen LogP contribution in [0.15, 0.2) is 59.5 Å². The third-order valence-corrected chi connectivity index (χ3v) is 5.05. The van der Waals surface area contributed by atoms with Gasteiger partial charge in [0.1, 0.15) is 0 Å². The molecule has 1 atom stereocenters. The van der Waals surface area contributed by atoms with Crippen molar-refractivity contribution < 1.29 is 22.3 Å². The first-order valence-electron chi connectivity index (χ1n) is 6.19. The normalized spacial score (nSPS) is 13.9. The van der Waals surface area contributed by atoms with Gasteiger partial charge in [-0.3, -0.25) is 0 Å². The third kappa shape index (κ3) is 2.69. The van der Waals surface area contributed by atoms with Gasteiger partial charge in [-0.15, -0.1) is 0 Å². The molecule has 0 fully saturated rings. The van der Waals surface area contributed by atoms with Gasteiger partial charge in [0.25, 0.3) is 0 Å². The van der Waals surface area contributed by atoms with Crippen molar-refractivity contribution in [2.75, 3.05) is 0 Å². The lowest BCUT2D eigenvalue weighted by atomic mass is 10.0. The zero-order valence-electron chi connectivity index (χ0n) is 11.2. The molecular weight excluding hydrogens is 298 g/mol. The molecule has 112 valence electrons. The highest BCUT2D eigenvalue weighted by atomic mass is 32.2. The molecule has 2 rings (SSSR count). The van der Waals surface area contributed by atoms with Gasteiger partial charge >= 0.3 is 5.25 Å². The Bertz CT molecular complexity index is 728. The number of alkyl halides is 2. The molecule has 6 heteroatoms. The molecule has 0 aliphatic rings. The van der Waals surface area contributed by atoms with E-state index >= 15 is 0 Å². The van der Waals surface area contributed by atoms with Crippen LogP contribution >= 0.6 is 0 Å². The van der Waals surface area contributed by atoms with Gasteiger partial charge < -0.3 is 5.11 Å². The Morgan fingerprint density at radius 1 is 1.00 bits per heavy atom. The van der Waals surface area contributed by atoms with Crippen LogP contribution < -0.4 is 0 Å². The largest absolute Gasteiger partial charge is 0.381 e. The van der Waals surface area contributed by atoms with Crippen LogP contribution in [-0.2, 0) is 9.84 Å². The molecule has 21 heavy (non-hydrogen) atoms. The Kier molecular flexibility index (Phi) is 4.11. The lowest BCUT2D eigenvalue weighted by molar-refractivity contribution is -0.0437. The maximum Gasteiger partial charge on any atom is 0.379 e. The second-order valence-electron chi connectivity index (χ2n) is 4.64. The second kappa shape index (κ2) is 5.54. The summed E-state index contributed by atoms with van der Waals surface area (Å²) in [6.45, 7) is 1.53. The molecule has 1 unspecified atom stereocenters. The molecule has 0 aliphatic carbocycles. The van der Waals surface area contributed by atoms with Crippen molar-refractivity contribution in [3.63, 3.8) is 0 Å². The van der Waals surface area contributed by atoms with Gasteiger partial charge in [0, 0.05) is 0 Å². The third-order valence-electron chi connectivity index (χ3n) is 3.21. The summed E-state index contributed by atoms with van der Waals surface area (Å²) in [4.78, 5) is -0.525. The van der Waals surface area contributed by atoms with E-state index in [0.717, 1.165) is 12.1 Å². The minimum atomic E-state index is -4.99. The number of aryl methyl sites for hydroxylation is 1. The van der Waals surface area contributed by atoms with Crippen LogP contribution in [0.1, 0.15) is 17.2 Å². The van der Waals surface area contributed by atoms with Gasteiger partial charge in [-0.05, 0) is 30.2 Å². The van der Waals surface area contributed by atoms with Gasteiger partial charge in [0.2, 0.25) is 9.84 Å². The van der Waals surface area contributed by atoms with Crippen molar-refractivity contribution in [1.29, 1.82) is 0 Å². The fraction of sp³-hybridized carbons (Fsp3) is 0.200. The van der Waals surface area contributed by atoms with Crippen molar-refractivity contribution in [1.82, 2.24) is 0 Å². The number of sulfone groups is 1. The van der Waals surface area contributed by atoms with E-state index in [2.05, 4.69) is 0 Å². The standard InChI is InChI=1S/C15H14F2O3S/c1-11-7-5-6-10-13(11)14(18)15(16,17)21(19,20)12-8-3-2-4-9-12/h2-10,14,18H,1H3. The van der Waals surface area contributed by atoms with Crippen LogP contribution in [-0.4, -0.2) is 18.8 Å². The van der Waals surface area contributed by atoms with Crippen molar-refractivity contribution in [2.24, 2.45) is 0 Å². The monoisotopic (exact) mass is 312 g/mol. The first-order valence-corrected chi connectivity index (χ1v) is 7.68. The topological polar surface area (TPSA) is 54.4 Å². The molecule has 0 radical (unpaired) electrons. The molecule has 0 heterocycles. The molecule has 0 saturated heterocycles. The Labute approximate surface area is 121 Å². The second-order valence-corrected chi connectivity index (χ2v) is 6.66. The number of rotatable bonds is 4. The summed E-state index contributed by atoms with van der Waals surface area (Å²) >= 11 is 0. The van der Waals surface area contributed by atoms with Crippen LogP contribution in [0.2, 0.25) is 0 Å². The first kappa shape index (κ1) is 15.6. The highest BCUT2D eigenvalue weighted by molar-refractivity contribution is 7.92. The minimum absolute atomic E-state index is 0.109. The van der Waals surface area contributed by atoms with E-state index in [1.165, 1.54) is 43.3 Å². The summed E-state index contributed by atoms with van der Waals surface area (Å²) in [6.07, 6.45) is -2.43. The van der Waals surface area contributed by atoms with Gasteiger partial charge in [-0.1, -0.05) is 42.5 Å². The van der Waals surface area contributed by atoms with Crippen molar-refractivity contribution >= 4 is 9.84 Å². The molecule has 1 N–H and O–H groups in total. The Morgan fingerprint density at radius 2 is 1.52 bits per heavy atom. The van der Waals surface area contributed by atoms with Crippen LogP contribution in [0.5, 0.6) is 0 Å². The Hall–Kier alpha value is -1.79. The molecule has 0 aromatic heterocycles. The molecule has 2 aromatic carbocycles. The van der Waals surface area contributed by atoms with Gasteiger partial charge in [0.15, 0.2) is 6.10 Å². The molecule has 0 aliphatic heterocycles. The fourth-order valence-electron chi connectivity index (χ4n) is 1.98. The highest BCUT2D eigenvalue weighted by Crippen LogP contribution is 2.40. The van der Waals surface area contributed by atoms with Crippen LogP contribution in [0.4, 0.5) is 8.78 Å². The minimum Gasteiger partial charge on any atom is -0.381 e. The fourth-order valence-corrected chi connectivity index (χ4v) is 3.23. The van der Waals surface area contributed by atoms with Crippen molar-refractivity contribution in [3.05, 3.63) is 65.7 Å². The van der Waals surface area contributed by atoms with E-state index in [4.69, 9.17) is 0 Å². The number of aliphatic hydroxyl groups excluding tert-OH is 1. The van der Waals surface area contributed by atoms with Crippen molar-refractivity contribution in [3.8, 4) is 0 Å². The summed E-state index contributed by atoms with van der Waals surface area (Å²) in [5.41, 5.74) is 0.287. The summed E-state index contributed by atoms with van der Waals surface area (Å²) in [5, 5.41) is 5.58. The van der Waals surface area contributed by atoms with Crippen LogP contribution in [0.3, 0.4) is 0 Å². The van der Waals surface area contributed by atoms with Crippen LogP contribution in [0.25, 0.3) is 0 Å². The average molecular weight is 312 g/mol. The maximum absolute atomic E-state index is 14.3. The lowest BCUT2D eigenvalue weighted by Gasteiger charge is -2.24. The number of aliphatic hydroxyl groups is 1. The zero-order chi connectivity index (χ0) is 15.7. The molecule has 3 nitrogen and oxygen atoms in total. The summed E-state index contributed by atoms with van der Waals surface area (Å²) in [5.74, 6) is 0. The lowest BCUT2D eigenvalue weighted by Crippen LogP contribution is -2.36. The van der Waals surface area contributed by atoms with E-state index in [0.29, 0.717) is 5.56 Å². The summed E-state index contributed by atoms with van der Waals surface area (Å²) in [6, 6.07) is 12.3. The van der Waals surface area contributed by atoms with E-state index in [1.807, 2.05) is 0 Å². The Balaban J connectivity index is 2.49. The van der Waals surface area contributed by atoms with Crippen molar-refractivity contribution in [2.45, 2.75) is 23.2 Å². The molecule has 0 saturated carbocycles. The molecular formula is C15H14F2O3S. The Morgan fingerprint density at radius 3 is 2.10 bits per heavy atom. The van der Waals surface area contributed by atoms with E-state index in [9.17, 15) is 22.3 Å². The summed E-state index contributed by atoms with van der Waals surface area (Å²) in [7, 11) is -4.99. The molecule has 0 bridgehead atoms. The predicted octanol–water partition coefficient (Wildman–Crippen LogP) is 3.10. The molecule has 0 spiro atoms. The van der Waals surface area contributed by atoms with Gasteiger partial charge in [-0.25, -0.2) is 8.42 Å². The van der Waals surface area contributed by atoms with Gasteiger partial charge in [-0.2, -0.15) is 8.78 Å². The number of halogens is 2.